The maximum Gasteiger partial charge on any atom is 0.313 e. The molecule has 0 unspecified atom stereocenters. The molecular weight excluding hydrogens is 275 g/mol. The van der Waals surface area contributed by atoms with Crippen molar-refractivity contribution in [2.24, 2.45) is 5.41 Å². The zero-order valence-corrected chi connectivity index (χ0v) is 12.7. The molecular formula is C15H21FN2O3. The van der Waals surface area contributed by atoms with Crippen molar-refractivity contribution in [3.63, 3.8) is 0 Å². The van der Waals surface area contributed by atoms with Gasteiger partial charge in [-0.1, -0.05) is 20.8 Å². The summed E-state index contributed by atoms with van der Waals surface area (Å²) in [7, 11) is 0. The second-order valence-electron chi connectivity index (χ2n) is 6.01. The van der Waals surface area contributed by atoms with Gasteiger partial charge in [-0.2, -0.15) is 0 Å². The Morgan fingerprint density at radius 2 is 1.90 bits per heavy atom. The lowest BCUT2D eigenvalue weighted by Crippen LogP contribution is -2.43. The molecule has 3 N–H and O–H groups in total. The van der Waals surface area contributed by atoms with E-state index in [2.05, 4.69) is 10.6 Å². The molecule has 1 aromatic carbocycles. The van der Waals surface area contributed by atoms with E-state index in [1.54, 1.807) is 6.92 Å². The van der Waals surface area contributed by atoms with Crippen LogP contribution in [0, 0.1) is 18.2 Å². The summed E-state index contributed by atoms with van der Waals surface area (Å²) in [6, 6.07) is 3.85. The van der Waals surface area contributed by atoms with Crippen LogP contribution in [-0.2, 0) is 9.59 Å². The average molecular weight is 296 g/mol. The molecule has 0 heterocycles. The van der Waals surface area contributed by atoms with Gasteiger partial charge in [-0.05, 0) is 36.1 Å². The van der Waals surface area contributed by atoms with Crippen LogP contribution < -0.4 is 10.6 Å². The van der Waals surface area contributed by atoms with Crippen LogP contribution in [0.3, 0.4) is 0 Å². The first kappa shape index (κ1) is 17.1. The van der Waals surface area contributed by atoms with Crippen molar-refractivity contribution in [3.05, 3.63) is 29.6 Å². The van der Waals surface area contributed by atoms with E-state index in [-0.39, 0.29) is 6.54 Å². The lowest BCUT2D eigenvalue weighted by molar-refractivity contribution is -0.136. The van der Waals surface area contributed by atoms with Crippen molar-refractivity contribution in [2.75, 3.05) is 11.9 Å². The molecule has 0 saturated carbocycles. The topological polar surface area (TPSA) is 78.4 Å². The maximum absolute atomic E-state index is 12.9. The van der Waals surface area contributed by atoms with Crippen LogP contribution in [0.25, 0.3) is 0 Å². The molecule has 0 aliphatic heterocycles. The van der Waals surface area contributed by atoms with Gasteiger partial charge in [0.25, 0.3) is 0 Å². The summed E-state index contributed by atoms with van der Waals surface area (Å²) in [4.78, 5) is 23.4. The van der Waals surface area contributed by atoms with Crippen LogP contribution in [0.4, 0.5) is 10.1 Å². The van der Waals surface area contributed by atoms with E-state index in [0.717, 1.165) is 0 Å². The highest BCUT2D eigenvalue weighted by molar-refractivity contribution is 6.39. The molecule has 0 aliphatic carbocycles. The fourth-order valence-corrected chi connectivity index (χ4v) is 1.52. The minimum absolute atomic E-state index is 0.0157. The van der Waals surface area contributed by atoms with E-state index in [1.165, 1.54) is 18.2 Å². The standard InChI is InChI=1S/C15H21FN2O3/c1-9-7-10(16)5-6-11(9)18-14(21)13(20)17-8-12(19)15(2,3)4/h5-7,12,19H,8H2,1-4H3,(H,17,20)(H,18,21)/t12-/m1/s1. The number of rotatable bonds is 3. The summed E-state index contributed by atoms with van der Waals surface area (Å²) in [5.74, 6) is -2.11. The second-order valence-corrected chi connectivity index (χ2v) is 6.01. The van der Waals surface area contributed by atoms with Gasteiger partial charge in [0.1, 0.15) is 5.82 Å². The van der Waals surface area contributed by atoms with Crippen molar-refractivity contribution >= 4 is 17.5 Å². The smallest absolute Gasteiger partial charge is 0.313 e. The Bertz CT molecular complexity index is 538. The largest absolute Gasteiger partial charge is 0.391 e. The number of aryl methyl sites for hydroxylation is 1. The monoisotopic (exact) mass is 296 g/mol. The predicted octanol–water partition coefficient (Wildman–Crippen LogP) is 1.60. The summed E-state index contributed by atoms with van der Waals surface area (Å²) in [6.07, 6.45) is -0.762. The molecule has 1 atom stereocenters. The van der Waals surface area contributed by atoms with Crippen LogP contribution in [0.2, 0.25) is 0 Å². The van der Waals surface area contributed by atoms with Crippen molar-refractivity contribution in [1.29, 1.82) is 0 Å². The Labute approximate surface area is 123 Å². The molecule has 0 aromatic heterocycles. The number of amides is 2. The van der Waals surface area contributed by atoms with E-state index in [0.29, 0.717) is 11.3 Å². The van der Waals surface area contributed by atoms with E-state index in [1.807, 2.05) is 20.8 Å². The zero-order chi connectivity index (χ0) is 16.2. The van der Waals surface area contributed by atoms with E-state index < -0.39 is 29.2 Å². The minimum atomic E-state index is -0.856. The zero-order valence-electron chi connectivity index (χ0n) is 12.7. The molecule has 1 rings (SSSR count). The third kappa shape index (κ3) is 5.15. The van der Waals surface area contributed by atoms with E-state index in [9.17, 15) is 19.1 Å². The first-order valence-corrected chi connectivity index (χ1v) is 6.64. The van der Waals surface area contributed by atoms with Crippen LogP contribution >= 0.6 is 0 Å². The number of carbonyl (C=O) groups is 2. The SMILES string of the molecule is Cc1cc(F)ccc1NC(=O)C(=O)NC[C@@H](O)C(C)(C)C. The summed E-state index contributed by atoms with van der Waals surface area (Å²) in [6.45, 7) is 7.08. The second kappa shape index (κ2) is 6.67. The summed E-state index contributed by atoms with van der Waals surface area (Å²) in [5.41, 5.74) is 0.496. The van der Waals surface area contributed by atoms with Crippen LogP contribution in [0.1, 0.15) is 26.3 Å². The average Bonchev–Trinajstić information content (AvgIpc) is 2.37. The lowest BCUT2D eigenvalue weighted by atomic mass is 9.89. The third-order valence-electron chi connectivity index (χ3n) is 3.10. The molecule has 0 fully saturated rings. The highest BCUT2D eigenvalue weighted by Crippen LogP contribution is 2.18. The van der Waals surface area contributed by atoms with Gasteiger partial charge < -0.3 is 15.7 Å². The highest BCUT2D eigenvalue weighted by atomic mass is 19.1. The summed E-state index contributed by atoms with van der Waals surface area (Å²) in [5, 5.41) is 14.6. The number of halogens is 1. The molecule has 6 heteroatoms. The highest BCUT2D eigenvalue weighted by Gasteiger charge is 2.24. The van der Waals surface area contributed by atoms with Crippen molar-refractivity contribution in [2.45, 2.75) is 33.8 Å². The Kier molecular flexibility index (Phi) is 5.43. The number of hydrogen-bond donors (Lipinski definition) is 3. The number of aliphatic hydroxyl groups excluding tert-OH is 1. The molecule has 0 saturated heterocycles. The van der Waals surface area contributed by atoms with Gasteiger partial charge in [-0.25, -0.2) is 4.39 Å². The number of hydrogen-bond acceptors (Lipinski definition) is 3. The van der Waals surface area contributed by atoms with Crippen molar-refractivity contribution in [1.82, 2.24) is 5.32 Å². The van der Waals surface area contributed by atoms with Crippen LogP contribution in [-0.4, -0.2) is 29.6 Å². The summed E-state index contributed by atoms with van der Waals surface area (Å²) < 4.78 is 12.9. The Balaban J connectivity index is 2.57. The Hall–Kier alpha value is -1.95. The van der Waals surface area contributed by atoms with Gasteiger partial charge in [0.2, 0.25) is 0 Å². The van der Waals surface area contributed by atoms with E-state index in [4.69, 9.17) is 0 Å². The lowest BCUT2D eigenvalue weighted by Gasteiger charge is -2.25. The Morgan fingerprint density at radius 3 is 2.43 bits per heavy atom. The van der Waals surface area contributed by atoms with Crippen LogP contribution in [0.5, 0.6) is 0 Å². The molecule has 2 amide bonds. The molecule has 21 heavy (non-hydrogen) atoms. The predicted molar refractivity (Wildman–Crippen MR) is 78.2 cm³/mol. The van der Waals surface area contributed by atoms with Crippen LogP contribution in [0.15, 0.2) is 18.2 Å². The summed E-state index contributed by atoms with van der Waals surface area (Å²) >= 11 is 0. The number of aliphatic hydroxyl groups is 1. The minimum Gasteiger partial charge on any atom is -0.391 e. The molecule has 116 valence electrons. The third-order valence-corrected chi connectivity index (χ3v) is 3.10. The van der Waals surface area contributed by atoms with Gasteiger partial charge >= 0.3 is 11.8 Å². The van der Waals surface area contributed by atoms with Crippen molar-refractivity contribution < 1.29 is 19.1 Å². The molecule has 5 nitrogen and oxygen atoms in total. The van der Waals surface area contributed by atoms with Gasteiger partial charge in [0.05, 0.1) is 6.10 Å². The fourth-order valence-electron chi connectivity index (χ4n) is 1.52. The molecule has 0 aliphatic rings. The van der Waals surface area contributed by atoms with Gasteiger partial charge in [-0.3, -0.25) is 9.59 Å². The molecule has 0 radical (unpaired) electrons. The van der Waals surface area contributed by atoms with Gasteiger partial charge in [0.15, 0.2) is 0 Å². The van der Waals surface area contributed by atoms with Gasteiger partial charge in [-0.15, -0.1) is 0 Å². The van der Waals surface area contributed by atoms with Gasteiger partial charge in [0, 0.05) is 12.2 Å². The number of nitrogens with one attached hydrogen (secondary N) is 2. The normalized spacial score (nSPS) is 12.7. The van der Waals surface area contributed by atoms with Crippen molar-refractivity contribution in [3.8, 4) is 0 Å². The molecule has 0 bridgehead atoms. The maximum atomic E-state index is 12.9. The number of carbonyl (C=O) groups excluding carboxylic acids is 2. The molecule has 1 aromatic rings. The fraction of sp³-hybridized carbons (Fsp3) is 0.467. The quantitative estimate of drug-likeness (QED) is 0.741. The first-order valence-electron chi connectivity index (χ1n) is 6.64. The molecule has 0 spiro atoms. The number of anilines is 1. The number of benzene rings is 1. The van der Waals surface area contributed by atoms with E-state index >= 15 is 0 Å². The first-order chi connectivity index (χ1) is 9.61. The Morgan fingerprint density at radius 1 is 1.29 bits per heavy atom.